The van der Waals surface area contributed by atoms with E-state index in [2.05, 4.69) is 20.5 Å². The molecule has 2 bridgehead atoms. The maximum Gasteiger partial charge on any atom is 0.270 e. The van der Waals surface area contributed by atoms with Crippen molar-refractivity contribution in [1.82, 2.24) is 15.6 Å². The Labute approximate surface area is 190 Å². The van der Waals surface area contributed by atoms with E-state index in [1.165, 1.54) is 25.0 Å². The van der Waals surface area contributed by atoms with Crippen molar-refractivity contribution < 1.29 is 18.7 Å². The van der Waals surface area contributed by atoms with Gasteiger partial charge in [-0.25, -0.2) is 4.39 Å². The highest BCUT2D eigenvalue weighted by atomic mass is 35.5. The molecule has 2 aromatic rings. The van der Waals surface area contributed by atoms with Crippen molar-refractivity contribution in [3.05, 3.63) is 53.1 Å². The summed E-state index contributed by atoms with van der Waals surface area (Å²) in [6.07, 6.45) is 6.06. The Morgan fingerprint density at radius 2 is 1.81 bits per heavy atom. The lowest BCUT2D eigenvalue weighted by Gasteiger charge is -2.70. The first-order valence-electron chi connectivity index (χ1n) is 10.8. The highest BCUT2D eigenvalue weighted by Crippen LogP contribution is 2.60. The number of halogens is 2. The number of benzene rings is 1. The summed E-state index contributed by atoms with van der Waals surface area (Å²) in [5.41, 5.74) is 0.866. The highest BCUT2D eigenvalue weighted by Gasteiger charge is 2.69. The van der Waals surface area contributed by atoms with E-state index < -0.39 is 5.82 Å². The van der Waals surface area contributed by atoms with Crippen molar-refractivity contribution in [2.75, 3.05) is 24.6 Å². The summed E-state index contributed by atoms with van der Waals surface area (Å²) in [5, 5.41) is 6.09. The van der Waals surface area contributed by atoms with Crippen LogP contribution >= 0.6 is 11.6 Å². The molecule has 2 amide bonds. The molecule has 168 valence electrons. The summed E-state index contributed by atoms with van der Waals surface area (Å²) >= 11 is 5.64. The molecule has 4 aliphatic rings. The van der Waals surface area contributed by atoms with E-state index >= 15 is 0 Å². The second-order valence-corrected chi connectivity index (χ2v) is 9.46. The zero-order chi connectivity index (χ0) is 22.3. The topological polar surface area (TPSA) is 83.6 Å². The molecule has 1 aromatic heterocycles. The molecule has 6 rings (SSSR count). The van der Waals surface area contributed by atoms with Crippen LogP contribution < -0.4 is 20.3 Å². The average Bonchev–Trinajstić information content (AvgIpc) is 3.27. The van der Waals surface area contributed by atoms with Crippen LogP contribution in [-0.4, -0.2) is 47.6 Å². The van der Waals surface area contributed by atoms with Crippen molar-refractivity contribution in [2.24, 2.45) is 0 Å². The third-order valence-corrected chi connectivity index (χ3v) is 6.83. The molecule has 0 unspecified atom stereocenters. The normalized spacial score (nSPS) is 25.5. The summed E-state index contributed by atoms with van der Waals surface area (Å²) in [4.78, 5) is 31.5. The van der Waals surface area contributed by atoms with Gasteiger partial charge in [0.15, 0.2) is 6.61 Å². The van der Waals surface area contributed by atoms with Gasteiger partial charge in [0, 0.05) is 42.1 Å². The molecule has 0 atom stereocenters. The molecular formula is C23H24ClFN4O3. The van der Waals surface area contributed by atoms with E-state index in [4.69, 9.17) is 16.3 Å². The van der Waals surface area contributed by atoms with Crippen LogP contribution in [0.4, 0.5) is 10.1 Å². The van der Waals surface area contributed by atoms with Crippen molar-refractivity contribution in [3.63, 3.8) is 0 Å². The maximum atomic E-state index is 13.5. The van der Waals surface area contributed by atoms with Gasteiger partial charge in [0.1, 0.15) is 17.3 Å². The minimum atomic E-state index is -0.595. The number of nitrogens with one attached hydrogen (secondary N) is 2. The van der Waals surface area contributed by atoms with Crippen molar-refractivity contribution in [3.8, 4) is 5.75 Å². The molecule has 1 aliphatic heterocycles. The number of anilines is 1. The highest BCUT2D eigenvalue weighted by molar-refractivity contribution is 6.30. The lowest BCUT2D eigenvalue weighted by atomic mass is 9.44. The number of carbonyl (C=O) groups excluding carboxylic acids is 2. The zero-order valence-corrected chi connectivity index (χ0v) is 18.3. The minimum Gasteiger partial charge on any atom is -0.484 e. The number of pyridine rings is 1. The molecular weight excluding hydrogens is 435 g/mol. The lowest BCUT2D eigenvalue weighted by molar-refractivity contribution is -0.141. The summed E-state index contributed by atoms with van der Waals surface area (Å²) in [6.45, 7) is 1.80. The maximum absolute atomic E-state index is 13.5. The first-order valence-corrected chi connectivity index (χ1v) is 11.2. The summed E-state index contributed by atoms with van der Waals surface area (Å²) in [5.74, 6) is -0.812. The predicted octanol–water partition coefficient (Wildman–Crippen LogP) is 3.07. The number of carbonyl (C=O) groups is 2. The van der Waals surface area contributed by atoms with Crippen molar-refractivity contribution in [2.45, 2.75) is 43.2 Å². The molecule has 1 aromatic carbocycles. The van der Waals surface area contributed by atoms with Gasteiger partial charge in [-0.15, -0.1) is 0 Å². The van der Waals surface area contributed by atoms with Crippen molar-refractivity contribution in [1.29, 1.82) is 0 Å². The monoisotopic (exact) mass is 458 g/mol. The molecule has 3 aliphatic carbocycles. The predicted molar refractivity (Wildman–Crippen MR) is 118 cm³/mol. The van der Waals surface area contributed by atoms with Gasteiger partial charge in [-0.1, -0.05) is 11.6 Å². The minimum absolute atomic E-state index is 0.000912. The number of rotatable bonds is 7. The van der Waals surface area contributed by atoms with E-state index in [-0.39, 0.29) is 40.3 Å². The number of hydrogen-bond donors (Lipinski definition) is 2. The van der Waals surface area contributed by atoms with Gasteiger partial charge < -0.3 is 20.3 Å². The standard InChI is InChI=1S/C23H24ClFN4O3/c24-17-4-3-16(10-18(17)25)32-11-20(30)27-22-12-23(13-22,14-22)28-21(31)19-9-15(5-6-26-19)29-7-1-2-8-29/h3-6,9-10H,1-2,7-8,11-14H2,(H,27,30)(H,28,31). The van der Waals surface area contributed by atoms with Crippen LogP contribution in [0.2, 0.25) is 5.02 Å². The van der Waals surface area contributed by atoms with Gasteiger partial charge in [-0.3, -0.25) is 14.6 Å². The second-order valence-electron chi connectivity index (χ2n) is 9.05. The first-order chi connectivity index (χ1) is 15.4. The summed E-state index contributed by atoms with van der Waals surface area (Å²) < 4.78 is 18.8. The largest absolute Gasteiger partial charge is 0.484 e. The molecule has 0 radical (unpaired) electrons. The molecule has 4 fully saturated rings. The molecule has 2 heterocycles. The Hall–Kier alpha value is -2.87. The molecule has 9 heteroatoms. The van der Waals surface area contributed by atoms with Gasteiger partial charge in [0.05, 0.1) is 5.02 Å². The fraction of sp³-hybridized carbons (Fsp3) is 0.435. The van der Waals surface area contributed by atoms with E-state index in [1.54, 1.807) is 6.20 Å². The van der Waals surface area contributed by atoms with Gasteiger partial charge in [0.25, 0.3) is 11.8 Å². The fourth-order valence-corrected chi connectivity index (χ4v) is 5.24. The van der Waals surface area contributed by atoms with Crippen molar-refractivity contribution >= 4 is 29.1 Å². The smallest absolute Gasteiger partial charge is 0.270 e. The lowest BCUT2D eigenvalue weighted by Crippen LogP contribution is -2.84. The molecule has 7 nitrogen and oxygen atoms in total. The van der Waals surface area contributed by atoms with Crippen LogP contribution in [0.25, 0.3) is 0 Å². The molecule has 2 N–H and O–H groups in total. The Morgan fingerprint density at radius 1 is 1.09 bits per heavy atom. The quantitative estimate of drug-likeness (QED) is 0.666. The summed E-state index contributed by atoms with van der Waals surface area (Å²) in [6, 6.07) is 7.83. The average molecular weight is 459 g/mol. The molecule has 0 spiro atoms. The fourth-order valence-electron chi connectivity index (χ4n) is 5.12. The van der Waals surface area contributed by atoms with Gasteiger partial charge in [-0.2, -0.15) is 0 Å². The van der Waals surface area contributed by atoms with Crippen LogP contribution in [-0.2, 0) is 4.79 Å². The third-order valence-electron chi connectivity index (χ3n) is 6.52. The van der Waals surface area contributed by atoms with E-state index in [9.17, 15) is 14.0 Å². The molecule has 32 heavy (non-hydrogen) atoms. The van der Waals surface area contributed by atoms with Gasteiger partial charge in [-0.05, 0) is 56.4 Å². The second kappa shape index (κ2) is 7.92. The SMILES string of the molecule is O=C(COc1ccc(Cl)c(F)c1)NC12CC(NC(=O)c3cc(N4CCCC4)ccn3)(C1)C2. The number of ether oxygens (including phenoxy) is 1. The Morgan fingerprint density at radius 3 is 2.53 bits per heavy atom. The number of nitrogens with zero attached hydrogens (tertiary/aromatic N) is 2. The Balaban J connectivity index is 1.10. The van der Waals surface area contributed by atoms with E-state index in [0.717, 1.165) is 24.8 Å². The number of aromatic nitrogens is 1. The van der Waals surface area contributed by atoms with Crippen LogP contribution in [0.1, 0.15) is 42.6 Å². The Kier molecular flexibility index (Phi) is 5.20. The van der Waals surface area contributed by atoms with Crippen LogP contribution in [0, 0.1) is 5.82 Å². The molecule has 1 saturated heterocycles. The molecule has 3 saturated carbocycles. The van der Waals surface area contributed by atoms with Crippen LogP contribution in [0.15, 0.2) is 36.5 Å². The third kappa shape index (κ3) is 3.99. The van der Waals surface area contributed by atoms with Crippen LogP contribution in [0.5, 0.6) is 5.75 Å². The van der Waals surface area contributed by atoms with E-state index in [0.29, 0.717) is 25.0 Å². The zero-order valence-electron chi connectivity index (χ0n) is 17.5. The van der Waals surface area contributed by atoms with E-state index in [1.807, 2.05) is 12.1 Å². The number of hydrogen-bond acceptors (Lipinski definition) is 5. The Bertz CT molecular complexity index is 1050. The number of amides is 2. The van der Waals surface area contributed by atoms with Crippen LogP contribution in [0.3, 0.4) is 0 Å². The summed E-state index contributed by atoms with van der Waals surface area (Å²) in [7, 11) is 0. The van der Waals surface area contributed by atoms with Gasteiger partial charge >= 0.3 is 0 Å². The first kappa shape index (κ1) is 21.0. The van der Waals surface area contributed by atoms with Gasteiger partial charge in [0.2, 0.25) is 0 Å².